The number of nitrogens with zero attached hydrogens (tertiary/aromatic N) is 4. The second-order valence-electron chi connectivity index (χ2n) is 9.30. The Balaban J connectivity index is 1.48. The second-order valence-corrected chi connectivity index (χ2v) is 9.30. The summed E-state index contributed by atoms with van der Waals surface area (Å²) in [5, 5.41) is 14.9. The lowest BCUT2D eigenvalue weighted by Crippen LogP contribution is -2.76. The molecule has 2 heterocycles. The number of hydrogen-bond acceptors (Lipinski definition) is 6. The van der Waals surface area contributed by atoms with Crippen LogP contribution in [0, 0.1) is 11.6 Å². The third kappa shape index (κ3) is 6.67. The number of likely N-dealkylation sites (N-methyl/N-ethyl adjacent to an activating group) is 1. The molecule has 39 heavy (non-hydrogen) atoms. The van der Waals surface area contributed by atoms with Gasteiger partial charge in [-0.1, -0.05) is 24.3 Å². The molecule has 2 aliphatic rings. The highest BCUT2D eigenvalue weighted by Crippen LogP contribution is 2.27. The number of amides is 4. The molecular weight excluding hydrogens is 516 g/mol. The Labute approximate surface area is 223 Å². The maximum absolute atomic E-state index is 13.3. The summed E-state index contributed by atoms with van der Waals surface area (Å²) >= 11 is 0. The minimum absolute atomic E-state index is 0.0606. The standard InChI is InChI=1S/C26H29F2N5O6/c1-30-15-23(34)32-21(12-24(35)36)25(37)31(10-11-39-16-18-4-8-20(28)9-5-18)14-22(32)33(30)26(38)29-13-17-2-6-19(27)7-3-17/h2-9,21-22H,10-16H2,1H3,(H,29,38)(H,35,36)/t21-,22?/m0/s1. The van der Waals surface area contributed by atoms with Crippen LogP contribution in [-0.2, 0) is 32.3 Å². The number of fused-ring (bicyclic) bond motifs is 1. The van der Waals surface area contributed by atoms with E-state index in [1.54, 1.807) is 19.2 Å². The Hall–Kier alpha value is -4.10. The van der Waals surface area contributed by atoms with Gasteiger partial charge in [0.15, 0.2) is 0 Å². The van der Waals surface area contributed by atoms with E-state index in [-0.39, 0.29) is 45.2 Å². The lowest BCUT2D eigenvalue weighted by atomic mass is 10.0. The summed E-state index contributed by atoms with van der Waals surface area (Å²) < 4.78 is 32.0. The summed E-state index contributed by atoms with van der Waals surface area (Å²) in [5.74, 6) is -3.07. The van der Waals surface area contributed by atoms with E-state index < -0.39 is 48.3 Å². The maximum Gasteiger partial charge on any atom is 0.334 e. The van der Waals surface area contributed by atoms with Crippen molar-refractivity contribution in [3.05, 3.63) is 71.3 Å². The SMILES string of the molecule is CN1CC(=O)N2C(CN(CCOCc3ccc(F)cc3)C(=O)[C@@H]2CC(=O)O)N1C(=O)NCc1ccc(F)cc1. The molecule has 2 fully saturated rings. The van der Waals surface area contributed by atoms with Crippen molar-refractivity contribution in [1.29, 1.82) is 0 Å². The summed E-state index contributed by atoms with van der Waals surface area (Å²) in [6.07, 6.45) is -1.58. The molecule has 2 atom stereocenters. The predicted octanol–water partition coefficient (Wildman–Crippen LogP) is 1.39. The van der Waals surface area contributed by atoms with Crippen molar-refractivity contribution in [2.45, 2.75) is 31.8 Å². The van der Waals surface area contributed by atoms with Gasteiger partial charge in [-0.3, -0.25) is 14.4 Å². The fourth-order valence-corrected chi connectivity index (χ4v) is 4.68. The van der Waals surface area contributed by atoms with Crippen molar-refractivity contribution in [2.24, 2.45) is 0 Å². The van der Waals surface area contributed by atoms with E-state index in [2.05, 4.69) is 5.32 Å². The molecule has 0 radical (unpaired) electrons. The third-order valence-corrected chi connectivity index (χ3v) is 6.56. The number of carboxylic acid groups (broad SMARTS) is 1. The average Bonchev–Trinajstić information content (AvgIpc) is 2.89. The molecule has 0 bridgehead atoms. The Bertz CT molecular complexity index is 1210. The summed E-state index contributed by atoms with van der Waals surface area (Å²) in [6, 6.07) is 9.51. The molecule has 2 saturated heterocycles. The van der Waals surface area contributed by atoms with Gasteiger partial charge in [0.1, 0.15) is 23.8 Å². The molecule has 208 valence electrons. The quantitative estimate of drug-likeness (QED) is 0.457. The fraction of sp³-hybridized carbons (Fsp3) is 0.385. The normalized spacial score (nSPS) is 19.7. The number of hydrogen-bond donors (Lipinski definition) is 2. The van der Waals surface area contributed by atoms with Gasteiger partial charge in [-0.15, -0.1) is 0 Å². The molecule has 1 unspecified atom stereocenters. The van der Waals surface area contributed by atoms with Gasteiger partial charge in [0, 0.05) is 20.1 Å². The van der Waals surface area contributed by atoms with Gasteiger partial charge in [-0.05, 0) is 35.4 Å². The molecule has 2 aliphatic heterocycles. The van der Waals surface area contributed by atoms with Crippen LogP contribution in [0.1, 0.15) is 17.5 Å². The summed E-state index contributed by atoms with van der Waals surface area (Å²) in [6.45, 7) is 0.150. The van der Waals surface area contributed by atoms with E-state index in [0.29, 0.717) is 5.56 Å². The van der Waals surface area contributed by atoms with Gasteiger partial charge in [0.25, 0.3) is 0 Å². The average molecular weight is 546 g/mol. The Kier molecular flexibility index (Phi) is 8.72. The lowest BCUT2D eigenvalue weighted by molar-refractivity contribution is -0.189. The minimum atomic E-state index is -1.30. The Morgan fingerprint density at radius 3 is 2.26 bits per heavy atom. The number of aliphatic carboxylic acids is 1. The van der Waals surface area contributed by atoms with Crippen LogP contribution in [0.2, 0.25) is 0 Å². The number of urea groups is 1. The number of rotatable bonds is 9. The first kappa shape index (κ1) is 27.9. The van der Waals surface area contributed by atoms with Gasteiger partial charge >= 0.3 is 12.0 Å². The Morgan fingerprint density at radius 1 is 1.03 bits per heavy atom. The zero-order chi connectivity index (χ0) is 28.1. The van der Waals surface area contributed by atoms with Gasteiger partial charge in [-0.25, -0.2) is 23.6 Å². The highest BCUT2D eigenvalue weighted by atomic mass is 19.1. The molecule has 2 N–H and O–H groups in total. The fourth-order valence-electron chi connectivity index (χ4n) is 4.68. The van der Waals surface area contributed by atoms with Gasteiger partial charge in [0.05, 0.1) is 32.7 Å². The van der Waals surface area contributed by atoms with Crippen LogP contribution in [0.25, 0.3) is 0 Å². The first-order valence-corrected chi connectivity index (χ1v) is 12.3. The van der Waals surface area contributed by atoms with Crippen LogP contribution in [0.3, 0.4) is 0 Å². The Morgan fingerprint density at radius 2 is 1.64 bits per heavy atom. The number of ether oxygens (including phenoxy) is 1. The number of nitrogens with one attached hydrogen (secondary N) is 1. The van der Waals surface area contributed by atoms with Crippen molar-refractivity contribution in [3.8, 4) is 0 Å². The molecule has 0 saturated carbocycles. The number of carboxylic acids is 1. The van der Waals surface area contributed by atoms with Crippen LogP contribution in [0.4, 0.5) is 13.6 Å². The molecule has 2 aromatic carbocycles. The van der Waals surface area contributed by atoms with Gasteiger partial charge in [-0.2, -0.15) is 0 Å². The smallest absolute Gasteiger partial charge is 0.334 e. The molecule has 4 rings (SSSR count). The van der Waals surface area contributed by atoms with Gasteiger partial charge < -0.3 is 25.0 Å². The van der Waals surface area contributed by atoms with Crippen molar-refractivity contribution in [2.75, 3.05) is 33.3 Å². The first-order valence-electron chi connectivity index (χ1n) is 12.3. The molecule has 13 heteroatoms. The number of hydrazine groups is 1. The molecule has 4 amide bonds. The van der Waals surface area contributed by atoms with Crippen LogP contribution >= 0.6 is 0 Å². The number of carbonyl (C=O) groups is 4. The van der Waals surface area contributed by atoms with E-state index in [4.69, 9.17) is 4.74 Å². The van der Waals surface area contributed by atoms with Crippen LogP contribution in [0.15, 0.2) is 48.5 Å². The number of carbonyl (C=O) groups excluding carboxylic acids is 3. The number of benzene rings is 2. The molecule has 0 aromatic heterocycles. The van der Waals surface area contributed by atoms with Gasteiger partial charge in [0.2, 0.25) is 11.8 Å². The van der Waals surface area contributed by atoms with E-state index >= 15 is 0 Å². The maximum atomic E-state index is 13.3. The molecule has 2 aromatic rings. The number of halogens is 2. The summed E-state index contributed by atoms with van der Waals surface area (Å²) in [5.41, 5.74) is 1.39. The van der Waals surface area contributed by atoms with Crippen molar-refractivity contribution in [1.82, 2.24) is 25.1 Å². The lowest BCUT2D eigenvalue weighted by Gasteiger charge is -2.54. The number of piperazine rings is 1. The van der Waals surface area contributed by atoms with Crippen LogP contribution in [-0.4, -0.2) is 94.2 Å². The highest BCUT2D eigenvalue weighted by Gasteiger charge is 2.51. The first-order chi connectivity index (χ1) is 18.6. The zero-order valence-electron chi connectivity index (χ0n) is 21.3. The van der Waals surface area contributed by atoms with Crippen molar-refractivity contribution < 1.29 is 37.8 Å². The topological polar surface area (TPSA) is 123 Å². The summed E-state index contributed by atoms with van der Waals surface area (Å²) in [4.78, 5) is 53.7. The highest BCUT2D eigenvalue weighted by molar-refractivity contribution is 5.93. The van der Waals surface area contributed by atoms with E-state index in [0.717, 1.165) is 5.56 Å². The predicted molar refractivity (Wildman–Crippen MR) is 132 cm³/mol. The van der Waals surface area contributed by atoms with Crippen LogP contribution in [0.5, 0.6) is 0 Å². The second kappa shape index (κ2) is 12.2. The monoisotopic (exact) mass is 545 g/mol. The molecule has 0 aliphatic carbocycles. The zero-order valence-corrected chi connectivity index (χ0v) is 21.3. The van der Waals surface area contributed by atoms with Crippen molar-refractivity contribution >= 4 is 23.8 Å². The molecular formula is C26H29F2N5O6. The van der Waals surface area contributed by atoms with Crippen LogP contribution < -0.4 is 5.32 Å². The van der Waals surface area contributed by atoms with Crippen molar-refractivity contribution in [3.63, 3.8) is 0 Å². The third-order valence-electron chi connectivity index (χ3n) is 6.56. The van der Waals surface area contributed by atoms with E-state index in [1.165, 1.54) is 56.2 Å². The van der Waals surface area contributed by atoms with E-state index in [1.807, 2.05) is 0 Å². The summed E-state index contributed by atoms with van der Waals surface area (Å²) in [7, 11) is 1.55. The van der Waals surface area contributed by atoms with E-state index in [9.17, 15) is 33.1 Å². The molecule has 0 spiro atoms. The minimum Gasteiger partial charge on any atom is -0.481 e. The largest absolute Gasteiger partial charge is 0.481 e. The molecule has 11 nitrogen and oxygen atoms in total.